The molecule has 4 unspecified atom stereocenters. The number of hydrogen-bond acceptors (Lipinski definition) is 5. The summed E-state index contributed by atoms with van der Waals surface area (Å²) in [5.74, 6) is 0.252. The van der Waals surface area contributed by atoms with Crippen molar-refractivity contribution in [3.8, 4) is 5.75 Å². The molecule has 0 saturated heterocycles. The van der Waals surface area contributed by atoms with Gasteiger partial charge in [-0.2, -0.15) is 0 Å². The van der Waals surface area contributed by atoms with E-state index in [0.717, 1.165) is 33.5 Å². The number of hydrogen-bond donors (Lipinski definition) is 0. The third-order valence-electron chi connectivity index (χ3n) is 8.41. The summed E-state index contributed by atoms with van der Waals surface area (Å²) in [5.41, 5.74) is 2.55. The molecule has 2 aliphatic carbocycles. The summed E-state index contributed by atoms with van der Waals surface area (Å²) in [6.45, 7) is 8.76. The third-order valence-corrected chi connectivity index (χ3v) is 9.51. The number of rotatable bonds is 3. The molecular formula is C25H25O4S-. The molecule has 2 bridgehead atoms. The summed E-state index contributed by atoms with van der Waals surface area (Å²) in [7, 11) is 0. The van der Waals surface area contributed by atoms with E-state index >= 15 is 0 Å². The molecule has 2 aromatic carbocycles. The van der Waals surface area contributed by atoms with Crippen LogP contribution in [0.25, 0.3) is 0 Å². The minimum absolute atomic E-state index is 0.0485. The summed E-state index contributed by atoms with van der Waals surface area (Å²) in [4.78, 5) is 24.9. The number of carbonyl (C=O) groups is 2. The topological polar surface area (TPSA) is 66.4 Å². The van der Waals surface area contributed by atoms with Crippen LogP contribution in [0.15, 0.2) is 41.3 Å². The van der Waals surface area contributed by atoms with Crippen molar-refractivity contribution in [2.24, 2.45) is 11.3 Å². The van der Waals surface area contributed by atoms with Gasteiger partial charge >= 0.3 is 0 Å². The Labute approximate surface area is 181 Å². The lowest BCUT2D eigenvalue weighted by Crippen LogP contribution is -2.54. The van der Waals surface area contributed by atoms with Gasteiger partial charge in [-0.25, -0.2) is 0 Å². The molecule has 0 amide bonds. The normalized spacial score (nSPS) is 33.1. The zero-order valence-electron chi connectivity index (χ0n) is 17.7. The van der Waals surface area contributed by atoms with Gasteiger partial charge in [0.2, 0.25) is 5.12 Å². The fourth-order valence-electron chi connectivity index (χ4n) is 6.37. The summed E-state index contributed by atoms with van der Waals surface area (Å²) in [6.07, 6.45) is 3.58. The van der Waals surface area contributed by atoms with E-state index in [2.05, 4.69) is 20.8 Å². The van der Waals surface area contributed by atoms with Gasteiger partial charge in [-0.05, 0) is 97.7 Å². The van der Waals surface area contributed by atoms with Crippen LogP contribution in [-0.2, 0) is 5.41 Å². The van der Waals surface area contributed by atoms with Crippen molar-refractivity contribution < 1.29 is 19.4 Å². The molecule has 1 heterocycles. The summed E-state index contributed by atoms with van der Waals surface area (Å²) in [5, 5.41) is 11.0. The van der Waals surface area contributed by atoms with Crippen LogP contribution in [0.4, 0.5) is 0 Å². The predicted molar refractivity (Wildman–Crippen MR) is 114 cm³/mol. The first kappa shape index (κ1) is 19.7. The second-order valence-electron chi connectivity index (χ2n) is 9.70. The minimum Gasteiger partial charge on any atom is -0.545 e. The number of ether oxygens (including phenoxy) is 1. The maximum absolute atomic E-state index is 13.1. The van der Waals surface area contributed by atoms with Crippen LogP contribution >= 0.6 is 11.8 Å². The molecule has 0 N–H and O–H groups in total. The van der Waals surface area contributed by atoms with Gasteiger partial charge in [0, 0.05) is 21.4 Å². The Balaban J connectivity index is 1.48. The highest BCUT2D eigenvalue weighted by atomic mass is 32.2. The van der Waals surface area contributed by atoms with Gasteiger partial charge in [0.05, 0.1) is 5.97 Å². The molecule has 3 aliphatic rings. The molecule has 30 heavy (non-hydrogen) atoms. The number of thioether (sulfide) groups is 1. The van der Waals surface area contributed by atoms with Gasteiger partial charge in [0.15, 0.2) is 0 Å². The van der Waals surface area contributed by atoms with Crippen molar-refractivity contribution in [2.75, 3.05) is 0 Å². The van der Waals surface area contributed by atoms with E-state index in [1.807, 2.05) is 18.2 Å². The van der Waals surface area contributed by atoms with E-state index in [0.29, 0.717) is 11.5 Å². The van der Waals surface area contributed by atoms with Gasteiger partial charge in [-0.1, -0.05) is 19.9 Å². The minimum atomic E-state index is -1.21. The first-order valence-corrected chi connectivity index (χ1v) is 11.3. The third kappa shape index (κ3) is 2.36. The number of carboxylic acid groups (broad SMARTS) is 1. The van der Waals surface area contributed by atoms with Crippen molar-refractivity contribution >= 4 is 22.8 Å². The number of carbonyl (C=O) groups excluding carboxylic acids is 2. The molecule has 1 aliphatic heterocycles. The molecule has 2 saturated carbocycles. The van der Waals surface area contributed by atoms with E-state index in [1.165, 1.54) is 25.3 Å². The van der Waals surface area contributed by atoms with Crippen LogP contribution in [0.2, 0.25) is 0 Å². The Morgan fingerprint density at radius 1 is 1.10 bits per heavy atom. The van der Waals surface area contributed by atoms with Crippen LogP contribution < -0.4 is 9.84 Å². The van der Waals surface area contributed by atoms with E-state index in [-0.39, 0.29) is 27.1 Å². The van der Waals surface area contributed by atoms with Crippen molar-refractivity contribution in [3.63, 3.8) is 0 Å². The molecule has 2 aromatic rings. The fraction of sp³-hybridized carbons (Fsp3) is 0.440. The highest BCUT2D eigenvalue weighted by Gasteiger charge is 2.73. The zero-order valence-corrected chi connectivity index (χ0v) is 18.5. The molecule has 5 heteroatoms. The molecule has 5 rings (SSSR count). The van der Waals surface area contributed by atoms with Crippen LogP contribution in [-0.4, -0.2) is 16.7 Å². The number of carboxylic acids is 1. The lowest BCUT2D eigenvalue weighted by atomic mass is 9.56. The van der Waals surface area contributed by atoms with Gasteiger partial charge < -0.3 is 14.6 Å². The Morgan fingerprint density at radius 3 is 2.53 bits per heavy atom. The standard InChI is InChI=1S/C25H26O4S/c1-14-11-15(21(26)27)6-8-20(14)30-22(28)16-5-7-19-18(12-16)24(3)23(2)10-9-17(13-23)25(24,4)29-19/h5-8,11-12,17H,9-10,13H2,1-4H3,(H,26,27)/p-1. The fourth-order valence-corrected chi connectivity index (χ4v) is 7.17. The van der Waals surface area contributed by atoms with Crippen molar-refractivity contribution in [1.82, 2.24) is 0 Å². The number of fused-ring (bicyclic) bond motifs is 7. The number of aromatic carboxylic acids is 1. The zero-order chi connectivity index (χ0) is 21.5. The highest BCUT2D eigenvalue weighted by molar-refractivity contribution is 8.14. The first-order chi connectivity index (χ1) is 14.1. The predicted octanol–water partition coefficient (Wildman–Crippen LogP) is 4.52. The average Bonchev–Trinajstić information content (AvgIpc) is 3.27. The number of benzene rings is 2. The SMILES string of the molecule is Cc1cc(C(=O)[O-])ccc1SC(=O)c1ccc2c(c1)C1(C)C3(C)CCC(C3)C1(C)O2. The molecule has 2 fully saturated rings. The molecule has 156 valence electrons. The summed E-state index contributed by atoms with van der Waals surface area (Å²) >= 11 is 1.13. The largest absolute Gasteiger partial charge is 0.545 e. The molecule has 4 atom stereocenters. The Hall–Kier alpha value is -2.27. The maximum Gasteiger partial charge on any atom is 0.224 e. The molecule has 4 nitrogen and oxygen atoms in total. The quantitative estimate of drug-likeness (QED) is 0.682. The van der Waals surface area contributed by atoms with Crippen molar-refractivity contribution in [2.45, 2.75) is 62.9 Å². The van der Waals surface area contributed by atoms with Crippen LogP contribution in [0, 0.1) is 18.3 Å². The summed E-state index contributed by atoms with van der Waals surface area (Å²) < 4.78 is 6.55. The lowest BCUT2D eigenvalue weighted by molar-refractivity contribution is -0.255. The summed E-state index contributed by atoms with van der Waals surface area (Å²) in [6, 6.07) is 10.5. The first-order valence-electron chi connectivity index (χ1n) is 10.5. The highest BCUT2D eigenvalue weighted by Crippen LogP contribution is 2.73. The molecule has 0 aromatic heterocycles. The molecule has 0 radical (unpaired) electrons. The smallest absolute Gasteiger partial charge is 0.224 e. The lowest BCUT2D eigenvalue weighted by Gasteiger charge is -2.48. The average molecular weight is 422 g/mol. The monoisotopic (exact) mass is 421 g/mol. The van der Waals surface area contributed by atoms with Crippen LogP contribution in [0.3, 0.4) is 0 Å². The van der Waals surface area contributed by atoms with Crippen LogP contribution in [0.5, 0.6) is 5.75 Å². The molecular weight excluding hydrogens is 396 g/mol. The van der Waals surface area contributed by atoms with Gasteiger partial charge in [0.1, 0.15) is 11.4 Å². The maximum atomic E-state index is 13.1. The van der Waals surface area contributed by atoms with Crippen LogP contribution in [0.1, 0.15) is 71.9 Å². The van der Waals surface area contributed by atoms with E-state index in [9.17, 15) is 14.7 Å². The van der Waals surface area contributed by atoms with Gasteiger partial charge in [0.25, 0.3) is 0 Å². The molecule has 0 spiro atoms. The number of aryl methyl sites for hydroxylation is 1. The van der Waals surface area contributed by atoms with Crippen molar-refractivity contribution in [3.05, 3.63) is 58.7 Å². The van der Waals surface area contributed by atoms with E-state index in [4.69, 9.17) is 4.74 Å². The van der Waals surface area contributed by atoms with E-state index in [1.54, 1.807) is 19.1 Å². The Kier molecular flexibility index (Phi) is 4.02. The second kappa shape index (κ2) is 6.13. The van der Waals surface area contributed by atoms with Gasteiger partial charge in [-0.15, -0.1) is 0 Å². The van der Waals surface area contributed by atoms with E-state index < -0.39 is 5.97 Å². The Morgan fingerprint density at radius 2 is 1.83 bits per heavy atom. The second-order valence-corrected chi connectivity index (χ2v) is 10.7. The Bertz CT molecular complexity index is 1110. The van der Waals surface area contributed by atoms with Gasteiger partial charge in [-0.3, -0.25) is 4.79 Å². The van der Waals surface area contributed by atoms with Crippen molar-refractivity contribution in [1.29, 1.82) is 0 Å².